The number of quaternary nitrogens is 1. The maximum atomic E-state index is 12.0. The van der Waals surface area contributed by atoms with E-state index in [0.717, 1.165) is 27.8 Å². The number of aromatic nitrogens is 4. The Bertz CT molecular complexity index is 1080. The number of para-hydroxylation sites is 1. The largest absolute Gasteiger partial charge is 0.324 e. The van der Waals surface area contributed by atoms with Gasteiger partial charge in [-0.1, -0.05) is 23.5 Å². The molecular formula is C17H18N5OS2+. The molecule has 3 aromatic heterocycles. The van der Waals surface area contributed by atoms with Crippen molar-refractivity contribution >= 4 is 37.9 Å². The summed E-state index contributed by atoms with van der Waals surface area (Å²) in [7, 11) is 2.13. The van der Waals surface area contributed by atoms with Crippen LogP contribution in [0, 0.1) is 6.92 Å². The minimum Gasteiger partial charge on any atom is -0.324 e. The van der Waals surface area contributed by atoms with E-state index in [0.29, 0.717) is 4.96 Å². The number of benzene rings is 1. The van der Waals surface area contributed by atoms with Gasteiger partial charge in [-0.05, 0) is 26.0 Å². The predicted octanol–water partition coefficient (Wildman–Crippen LogP) is 1.85. The number of fused-ring (bicyclic) bond motifs is 2. The summed E-state index contributed by atoms with van der Waals surface area (Å²) < 4.78 is 2.60. The predicted molar refractivity (Wildman–Crippen MR) is 100 cm³/mol. The molecule has 0 saturated carbocycles. The molecule has 0 aliphatic carbocycles. The van der Waals surface area contributed by atoms with Crippen LogP contribution in [0.2, 0.25) is 0 Å². The molecule has 2 atom stereocenters. The van der Waals surface area contributed by atoms with Crippen molar-refractivity contribution in [1.82, 2.24) is 19.6 Å². The number of nitrogens with zero attached hydrogens (tertiary/aromatic N) is 4. The smallest absolute Gasteiger partial charge is 0.275 e. The fraction of sp³-hybridized carbons (Fsp3) is 0.294. The Morgan fingerprint density at radius 3 is 2.84 bits per heavy atom. The highest BCUT2D eigenvalue weighted by atomic mass is 32.1. The van der Waals surface area contributed by atoms with Crippen LogP contribution in [0.15, 0.2) is 35.1 Å². The topological polar surface area (TPSA) is 64.6 Å². The monoisotopic (exact) mass is 372 g/mol. The molecule has 4 aromatic rings. The maximum absolute atomic E-state index is 12.0. The molecule has 0 amide bonds. The van der Waals surface area contributed by atoms with Crippen LogP contribution in [0.25, 0.3) is 15.2 Å². The van der Waals surface area contributed by atoms with Crippen LogP contribution in [-0.2, 0) is 6.54 Å². The molecule has 0 radical (unpaired) electrons. The lowest BCUT2D eigenvalue weighted by Gasteiger charge is -2.18. The average molecular weight is 372 g/mol. The second-order valence-electron chi connectivity index (χ2n) is 6.19. The molecule has 1 unspecified atom stereocenters. The Morgan fingerprint density at radius 2 is 2.04 bits per heavy atom. The van der Waals surface area contributed by atoms with Crippen molar-refractivity contribution in [2.45, 2.75) is 26.4 Å². The molecule has 0 spiro atoms. The van der Waals surface area contributed by atoms with Gasteiger partial charge in [0.15, 0.2) is 10.0 Å². The summed E-state index contributed by atoms with van der Waals surface area (Å²) in [5.41, 5.74) is 1.65. The summed E-state index contributed by atoms with van der Waals surface area (Å²) in [6.45, 7) is 4.73. The van der Waals surface area contributed by atoms with E-state index in [4.69, 9.17) is 4.98 Å². The van der Waals surface area contributed by atoms with Crippen molar-refractivity contribution < 1.29 is 4.90 Å². The zero-order valence-corrected chi connectivity index (χ0v) is 15.8. The molecule has 1 aromatic carbocycles. The van der Waals surface area contributed by atoms with E-state index >= 15 is 0 Å². The highest BCUT2D eigenvalue weighted by molar-refractivity contribution is 7.18. The number of rotatable bonds is 4. The molecule has 4 rings (SSSR count). The zero-order valence-electron chi connectivity index (χ0n) is 14.2. The van der Waals surface area contributed by atoms with Crippen LogP contribution in [0.4, 0.5) is 0 Å². The average Bonchev–Trinajstić information content (AvgIpc) is 3.17. The van der Waals surface area contributed by atoms with Crippen molar-refractivity contribution in [3.8, 4) is 0 Å². The Hall–Kier alpha value is -2.16. The van der Waals surface area contributed by atoms with Crippen LogP contribution in [-0.4, -0.2) is 26.6 Å². The minimum atomic E-state index is -0.123. The van der Waals surface area contributed by atoms with Crippen molar-refractivity contribution in [3.05, 3.63) is 56.4 Å². The standard InChI is InChI=1S/C17H17N5OS2/c1-10-8-15(23)22-17(18-10)25-14(20-22)9-21(3)11(2)16-19-12-6-4-5-7-13(12)24-16/h4-8,11H,9H2,1-3H3/p+1/t11-/m1/s1. The number of hydrogen-bond donors (Lipinski definition) is 1. The lowest BCUT2D eigenvalue weighted by atomic mass is 10.3. The molecule has 6 nitrogen and oxygen atoms in total. The van der Waals surface area contributed by atoms with E-state index in [9.17, 15) is 4.79 Å². The first kappa shape index (κ1) is 16.3. The minimum absolute atomic E-state index is 0.123. The van der Waals surface area contributed by atoms with E-state index in [2.05, 4.69) is 30.1 Å². The van der Waals surface area contributed by atoms with Gasteiger partial charge in [0.05, 0.1) is 17.3 Å². The van der Waals surface area contributed by atoms with Crippen LogP contribution in [0.5, 0.6) is 0 Å². The number of thiazole rings is 1. The lowest BCUT2D eigenvalue weighted by Crippen LogP contribution is -3.07. The molecule has 0 fully saturated rings. The summed E-state index contributed by atoms with van der Waals surface area (Å²) in [5.74, 6) is 0. The van der Waals surface area contributed by atoms with Crippen molar-refractivity contribution in [2.75, 3.05) is 7.05 Å². The van der Waals surface area contributed by atoms with Gasteiger partial charge in [-0.15, -0.1) is 11.3 Å². The second kappa shape index (κ2) is 6.29. The lowest BCUT2D eigenvalue weighted by molar-refractivity contribution is -0.923. The van der Waals surface area contributed by atoms with E-state index in [-0.39, 0.29) is 11.6 Å². The fourth-order valence-electron chi connectivity index (χ4n) is 2.71. The van der Waals surface area contributed by atoms with Gasteiger partial charge in [0.1, 0.15) is 12.6 Å². The highest BCUT2D eigenvalue weighted by Crippen LogP contribution is 2.25. The third-order valence-electron chi connectivity index (χ3n) is 4.27. The van der Waals surface area contributed by atoms with Crippen molar-refractivity contribution in [1.29, 1.82) is 0 Å². The van der Waals surface area contributed by atoms with Gasteiger partial charge in [-0.2, -0.15) is 9.61 Å². The highest BCUT2D eigenvalue weighted by Gasteiger charge is 2.21. The molecule has 25 heavy (non-hydrogen) atoms. The van der Waals surface area contributed by atoms with E-state index in [1.54, 1.807) is 11.3 Å². The molecule has 0 bridgehead atoms. The molecular weight excluding hydrogens is 354 g/mol. The van der Waals surface area contributed by atoms with Gasteiger partial charge < -0.3 is 4.90 Å². The van der Waals surface area contributed by atoms with E-state index < -0.39 is 0 Å². The summed E-state index contributed by atoms with van der Waals surface area (Å²) >= 11 is 3.21. The first-order valence-electron chi connectivity index (χ1n) is 8.05. The fourth-order valence-corrected chi connectivity index (χ4v) is 4.86. The second-order valence-corrected chi connectivity index (χ2v) is 8.29. The van der Waals surface area contributed by atoms with Crippen molar-refractivity contribution in [3.63, 3.8) is 0 Å². The van der Waals surface area contributed by atoms with Gasteiger partial charge >= 0.3 is 0 Å². The number of nitrogens with one attached hydrogen (secondary N) is 1. The molecule has 128 valence electrons. The van der Waals surface area contributed by atoms with Gasteiger partial charge in [0, 0.05) is 11.8 Å². The van der Waals surface area contributed by atoms with E-state index in [1.165, 1.54) is 31.5 Å². The zero-order chi connectivity index (χ0) is 17.6. The van der Waals surface area contributed by atoms with Gasteiger partial charge in [0.25, 0.3) is 5.56 Å². The third-order valence-corrected chi connectivity index (χ3v) is 6.39. The van der Waals surface area contributed by atoms with Crippen LogP contribution in [0.3, 0.4) is 0 Å². The van der Waals surface area contributed by atoms with Gasteiger partial charge in [-0.3, -0.25) is 4.79 Å². The molecule has 0 saturated heterocycles. The molecule has 0 aliphatic rings. The Morgan fingerprint density at radius 1 is 1.24 bits per heavy atom. The molecule has 3 heterocycles. The first-order valence-corrected chi connectivity index (χ1v) is 9.69. The number of aryl methyl sites for hydroxylation is 1. The molecule has 1 N–H and O–H groups in total. The van der Waals surface area contributed by atoms with Crippen LogP contribution < -0.4 is 10.5 Å². The molecule has 8 heteroatoms. The van der Waals surface area contributed by atoms with Crippen LogP contribution >= 0.6 is 22.7 Å². The summed E-state index contributed by atoms with van der Waals surface area (Å²) in [5, 5.41) is 6.45. The van der Waals surface area contributed by atoms with Gasteiger partial charge in [-0.25, -0.2) is 9.97 Å². The van der Waals surface area contributed by atoms with Gasteiger partial charge in [0.2, 0.25) is 4.96 Å². The quantitative estimate of drug-likeness (QED) is 0.594. The van der Waals surface area contributed by atoms with Crippen LogP contribution in [0.1, 0.15) is 28.7 Å². The Balaban J connectivity index is 1.59. The Kier molecular flexibility index (Phi) is 4.10. The first-order chi connectivity index (χ1) is 12.0. The molecule has 0 aliphatic heterocycles. The maximum Gasteiger partial charge on any atom is 0.275 e. The third kappa shape index (κ3) is 3.08. The Labute approximate surface area is 152 Å². The summed E-state index contributed by atoms with van der Waals surface area (Å²) in [4.78, 5) is 23.1. The number of hydrogen-bond acceptors (Lipinski definition) is 6. The van der Waals surface area contributed by atoms with E-state index in [1.807, 2.05) is 25.1 Å². The normalized spacial score (nSPS) is 14.2. The SMILES string of the molecule is Cc1cc(=O)n2nc(C[NH+](C)[C@H](C)c3nc4ccccc4s3)sc2n1. The summed E-state index contributed by atoms with van der Waals surface area (Å²) in [6.07, 6.45) is 0. The van der Waals surface area contributed by atoms with Crippen molar-refractivity contribution in [2.24, 2.45) is 0 Å². The summed E-state index contributed by atoms with van der Waals surface area (Å²) in [6, 6.07) is 9.96.